The van der Waals surface area contributed by atoms with Gasteiger partial charge in [-0.1, -0.05) is 0 Å². The van der Waals surface area contributed by atoms with Crippen molar-refractivity contribution < 1.29 is 19.1 Å². The van der Waals surface area contributed by atoms with Gasteiger partial charge in [0.15, 0.2) is 12.4 Å². The van der Waals surface area contributed by atoms with E-state index in [-0.39, 0.29) is 12.4 Å². The number of aromatic amines is 1. The number of ether oxygens (including phenoxy) is 2. The fourth-order valence-corrected chi connectivity index (χ4v) is 1.35. The van der Waals surface area contributed by atoms with Gasteiger partial charge in [0.25, 0.3) is 0 Å². The summed E-state index contributed by atoms with van der Waals surface area (Å²) in [7, 11) is 0. The van der Waals surface area contributed by atoms with Crippen LogP contribution in [-0.4, -0.2) is 34.9 Å². The summed E-state index contributed by atoms with van der Waals surface area (Å²) in [6, 6.07) is 0. The van der Waals surface area contributed by atoms with Gasteiger partial charge in [-0.25, -0.2) is 4.98 Å². The van der Waals surface area contributed by atoms with Crippen LogP contribution >= 0.6 is 0 Å². The minimum atomic E-state index is -0.734. The third kappa shape index (κ3) is 4.36. The van der Waals surface area contributed by atoms with Crippen molar-refractivity contribution in [3.8, 4) is 0 Å². The van der Waals surface area contributed by atoms with E-state index in [1.807, 2.05) is 0 Å². The second-order valence-corrected chi connectivity index (χ2v) is 3.52. The van der Waals surface area contributed by atoms with Crippen molar-refractivity contribution in [3.05, 3.63) is 18.2 Å². The van der Waals surface area contributed by atoms with E-state index in [4.69, 9.17) is 9.47 Å². The molecule has 2 atom stereocenters. The third-order valence-corrected chi connectivity index (χ3v) is 2.09. The van der Waals surface area contributed by atoms with Crippen LogP contribution in [0.3, 0.4) is 0 Å². The Hall–Kier alpha value is -1.69. The summed E-state index contributed by atoms with van der Waals surface area (Å²) in [5.74, 6) is -0.339. The Labute approximate surface area is 99.3 Å². The Morgan fingerprint density at radius 2 is 2.41 bits per heavy atom. The average Bonchev–Trinajstić information content (AvgIpc) is 2.79. The normalized spacial score (nSPS) is 14.0. The third-order valence-electron chi connectivity index (χ3n) is 2.09. The van der Waals surface area contributed by atoms with Gasteiger partial charge in [0.2, 0.25) is 0 Å². The van der Waals surface area contributed by atoms with Crippen LogP contribution in [0.4, 0.5) is 0 Å². The zero-order chi connectivity index (χ0) is 12.7. The second-order valence-electron chi connectivity index (χ2n) is 3.52. The molecule has 0 fully saturated rings. The molecule has 2 unspecified atom stereocenters. The maximum absolute atomic E-state index is 11.2. The van der Waals surface area contributed by atoms with Crippen molar-refractivity contribution >= 4 is 12.3 Å². The van der Waals surface area contributed by atoms with E-state index in [0.717, 1.165) is 0 Å². The molecule has 6 heteroatoms. The van der Waals surface area contributed by atoms with E-state index in [1.54, 1.807) is 13.8 Å². The number of carbonyl (C=O) groups excluding carboxylic acids is 2. The molecule has 0 aromatic carbocycles. The number of nitrogens with zero attached hydrogens (tertiary/aromatic N) is 1. The molecular formula is C11H16N2O4. The number of H-pyrrole nitrogens is 1. The highest BCUT2D eigenvalue weighted by atomic mass is 16.5. The first-order valence-corrected chi connectivity index (χ1v) is 5.42. The summed E-state index contributed by atoms with van der Waals surface area (Å²) in [4.78, 5) is 28.7. The molecule has 0 spiro atoms. The van der Waals surface area contributed by atoms with Gasteiger partial charge in [0, 0.05) is 0 Å². The van der Waals surface area contributed by atoms with Crippen molar-refractivity contribution in [2.45, 2.75) is 32.5 Å². The predicted molar refractivity (Wildman–Crippen MR) is 59.2 cm³/mol. The maximum Gasteiger partial charge on any atom is 0.308 e. The van der Waals surface area contributed by atoms with Crippen molar-refractivity contribution in [1.82, 2.24) is 9.97 Å². The lowest BCUT2D eigenvalue weighted by molar-refractivity contribution is -0.148. The van der Waals surface area contributed by atoms with E-state index in [1.165, 1.54) is 12.5 Å². The fourth-order valence-electron chi connectivity index (χ4n) is 1.35. The number of rotatable bonds is 7. The molecule has 1 N–H and O–H groups in total. The lowest BCUT2D eigenvalue weighted by Gasteiger charge is -2.16. The monoisotopic (exact) mass is 240 g/mol. The van der Waals surface area contributed by atoms with Crippen LogP contribution < -0.4 is 0 Å². The van der Waals surface area contributed by atoms with Crippen LogP contribution in [0.5, 0.6) is 0 Å². The molecule has 17 heavy (non-hydrogen) atoms. The molecule has 1 aromatic heterocycles. The predicted octanol–water partition coefficient (Wildman–Crippen LogP) is 1.01. The highest BCUT2D eigenvalue weighted by Gasteiger charge is 2.18. The minimum absolute atomic E-state index is 0.117. The first kappa shape index (κ1) is 13.4. The zero-order valence-electron chi connectivity index (χ0n) is 9.88. The lowest BCUT2D eigenvalue weighted by Crippen LogP contribution is -2.20. The molecule has 1 heterocycles. The molecule has 0 bridgehead atoms. The van der Waals surface area contributed by atoms with Crippen LogP contribution in [0, 0.1) is 0 Å². The van der Waals surface area contributed by atoms with Crippen molar-refractivity contribution in [2.24, 2.45) is 0 Å². The topological polar surface area (TPSA) is 81.3 Å². The quantitative estimate of drug-likeness (QED) is 0.568. The number of imidazole rings is 1. The summed E-state index contributed by atoms with van der Waals surface area (Å²) >= 11 is 0. The molecule has 0 amide bonds. The van der Waals surface area contributed by atoms with E-state index >= 15 is 0 Å². The van der Waals surface area contributed by atoms with E-state index in [9.17, 15) is 9.59 Å². The molecule has 94 valence electrons. The maximum atomic E-state index is 11.2. The van der Waals surface area contributed by atoms with Gasteiger partial charge >= 0.3 is 5.97 Å². The smallest absolute Gasteiger partial charge is 0.308 e. The molecule has 6 nitrogen and oxygen atoms in total. The van der Waals surface area contributed by atoms with Crippen molar-refractivity contribution in [2.75, 3.05) is 6.61 Å². The fraction of sp³-hybridized carbons (Fsp3) is 0.545. The number of aromatic nitrogens is 2. The first-order chi connectivity index (χ1) is 8.17. The molecule has 0 radical (unpaired) electrons. The summed E-state index contributed by atoms with van der Waals surface area (Å²) in [6.45, 7) is 3.79. The second kappa shape index (κ2) is 6.80. The van der Waals surface area contributed by atoms with E-state index < -0.39 is 12.2 Å². The van der Waals surface area contributed by atoms with Gasteiger partial charge in [-0.3, -0.25) is 9.59 Å². The Balaban J connectivity index is 2.46. The van der Waals surface area contributed by atoms with Crippen molar-refractivity contribution in [3.63, 3.8) is 0 Å². The standard InChI is InChI=1S/C11H16N2O4/c1-3-16-11(15)4-8(2)17-10(6-14)9-5-12-7-13-9/h5-8,10H,3-4H2,1-2H3,(H,12,13). The lowest BCUT2D eigenvalue weighted by atomic mass is 10.2. The van der Waals surface area contributed by atoms with Crippen LogP contribution in [0.25, 0.3) is 0 Å². The molecule has 1 aromatic rings. The van der Waals surface area contributed by atoms with Gasteiger partial charge in [-0.15, -0.1) is 0 Å². The van der Waals surface area contributed by atoms with Crippen LogP contribution in [-0.2, 0) is 19.1 Å². The highest BCUT2D eigenvalue weighted by Crippen LogP contribution is 2.15. The number of esters is 1. The SMILES string of the molecule is CCOC(=O)CC(C)OC(C=O)c1cnc[nH]1. The Morgan fingerprint density at radius 1 is 1.65 bits per heavy atom. The Bertz CT molecular complexity index is 350. The average molecular weight is 240 g/mol. The Morgan fingerprint density at radius 3 is 2.94 bits per heavy atom. The molecule has 0 aliphatic heterocycles. The van der Waals surface area contributed by atoms with Gasteiger partial charge in [-0.05, 0) is 13.8 Å². The Kier molecular flexibility index (Phi) is 5.35. The van der Waals surface area contributed by atoms with Crippen LogP contribution in [0.15, 0.2) is 12.5 Å². The van der Waals surface area contributed by atoms with E-state index in [2.05, 4.69) is 9.97 Å². The van der Waals surface area contributed by atoms with Crippen molar-refractivity contribution in [1.29, 1.82) is 0 Å². The molecule has 1 rings (SSSR count). The largest absolute Gasteiger partial charge is 0.466 e. The van der Waals surface area contributed by atoms with Gasteiger partial charge in [-0.2, -0.15) is 0 Å². The summed E-state index contributed by atoms with van der Waals surface area (Å²) < 4.78 is 10.2. The number of aldehydes is 1. The van der Waals surface area contributed by atoms with E-state index in [0.29, 0.717) is 18.6 Å². The zero-order valence-corrected chi connectivity index (χ0v) is 9.88. The summed E-state index contributed by atoms with van der Waals surface area (Å²) in [5, 5.41) is 0. The minimum Gasteiger partial charge on any atom is -0.466 e. The number of hydrogen-bond donors (Lipinski definition) is 1. The molecule has 0 aliphatic carbocycles. The van der Waals surface area contributed by atoms with Gasteiger partial charge < -0.3 is 14.5 Å². The highest BCUT2D eigenvalue weighted by molar-refractivity contribution is 5.70. The summed E-state index contributed by atoms with van der Waals surface area (Å²) in [5.41, 5.74) is 0.565. The van der Waals surface area contributed by atoms with Gasteiger partial charge in [0.05, 0.1) is 37.3 Å². The van der Waals surface area contributed by atoms with Crippen LogP contribution in [0.2, 0.25) is 0 Å². The molecule has 0 saturated carbocycles. The number of hydrogen-bond acceptors (Lipinski definition) is 5. The number of nitrogens with one attached hydrogen (secondary N) is 1. The van der Waals surface area contributed by atoms with Crippen LogP contribution in [0.1, 0.15) is 32.1 Å². The molecular weight excluding hydrogens is 224 g/mol. The molecule has 0 aliphatic rings. The first-order valence-electron chi connectivity index (χ1n) is 5.42. The molecule has 0 saturated heterocycles. The summed E-state index contributed by atoms with van der Waals surface area (Å²) in [6.07, 6.45) is 2.62. The number of carbonyl (C=O) groups is 2. The van der Waals surface area contributed by atoms with Gasteiger partial charge in [0.1, 0.15) is 0 Å².